The summed E-state index contributed by atoms with van der Waals surface area (Å²) in [6.45, 7) is 1.88. The first-order valence-electron chi connectivity index (χ1n) is 4.45. The summed E-state index contributed by atoms with van der Waals surface area (Å²) in [5.74, 6) is -0.468. The van der Waals surface area contributed by atoms with Crippen molar-refractivity contribution in [2.45, 2.75) is 19.9 Å². The number of aromatic nitrogens is 2. The summed E-state index contributed by atoms with van der Waals surface area (Å²) < 4.78 is 6.21. The van der Waals surface area contributed by atoms with E-state index in [0.29, 0.717) is 5.69 Å². The second-order valence-corrected chi connectivity index (χ2v) is 3.09. The van der Waals surface area contributed by atoms with E-state index in [0.717, 1.165) is 0 Å². The highest BCUT2D eigenvalue weighted by Crippen LogP contribution is 2.04. The molecule has 0 saturated carbocycles. The van der Waals surface area contributed by atoms with Gasteiger partial charge in [0.05, 0.1) is 7.11 Å². The van der Waals surface area contributed by atoms with Crippen LogP contribution in [0.15, 0.2) is 10.9 Å². The molecule has 0 aliphatic rings. The van der Waals surface area contributed by atoms with Gasteiger partial charge in [-0.05, 0) is 6.92 Å². The van der Waals surface area contributed by atoms with E-state index in [4.69, 9.17) is 10.5 Å². The smallest absolute Gasteiger partial charge is 0.299 e. The van der Waals surface area contributed by atoms with E-state index in [2.05, 4.69) is 4.98 Å². The maximum Gasteiger partial charge on any atom is 0.299 e. The summed E-state index contributed by atoms with van der Waals surface area (Å²) in [5.41, 5.74) is 5.32. The second-order valence-electron chi connectivity index (χ2n) is 3.09. The van der Waals surface area contributed by atoms with Crippen LogP contribution in [-0.4, -0.2) is 22.6 Å². The van der Waals surface area contributed by atoms with Crippen LogP contribution >= 0.6 is 0 Å². The lowest BCUT2D eigenvalue weighted by atomic mass is 10.4. The van der Waals surface area contributed by atoms with Crippen LogP contribution in [0.25, 0.3) is 0 Å². The van der Waals surface area contributed by atoms with Gasteiger partial charge in [-0.15, -0.1) is 0 Å². The van der Waals surface area contributed by atoms with Crippen molar-refractivity contribution in [1.82, 2.24) is 9.55 Å². The zero-order valence-corrected chi connectivity index (χ0v) is 8.69. The summed E-state index contributed by atoms with van der Waals surface area (Å²) in [5, 5.41) is 0. The molecule has 0 bridgehead atoms. The van der Waals surface area contributed by atoms with E-state index in [-0.39, 0.29) is 24.5 Å². The number of nitrogens with two attached hydrogens (primary N) is 1. The van der Waals surface area contributed by atoms with Crippen LogP contribution in [0, 0.1) is 6.92 Å². The molecular weight excluding hydrogens is 198 g/mol. The number of hydrogen-bond acceptors (Lipinski definition) is 4. The van der Waals surface area contributed by atoms with Crippen molar-refractivity contribution in [3.63, 3.8) is 0 Å². The van der Waals surface area contributed by atoms with E-state index in [1.54, 1.807) is 6.92 Å². The number of ether oxygens (including phenoxy) is 1. The monoisotopic (exact) mass is 211 g/mol. The first-order chi connectivity index (χ1) is 7.04. The Balaban J connectivity index is 3.04. The molecule has 0 aromatic carbocycles. The molecule has 0 aliphatic carbocycles. The number of rotatable bonds is 4. The van der Waals surface area contributed by atoms with Gasteiger partial charge in [0.15, 0.2) is 0 Å². The van der Waals surface area contributed by atoms with Gasteiger partial charge in [0.1, 0.15) is 0 Å². The average Bonchev–Trinajstić information content (AvgIpc) is 2.14. The van der Waals surface area contributed by atoms with E-state index < -0.39 is 5.91 Å². The van der Waals surface area contributed by atoms with E-state index >= 15 is 0 Å². The van der Waals surface area contributed by atoms with Crippen molar-refractivity contribution in [1.29, 1.82) is 0 Å². The largest absolute Gasteiger partial charge is 0.468 e. The van der Waals surface area contributed by atoms with Gasteiger partial charge in [-0.25, -0.2) is 4.98 Å². The molecule has 0 atom stereocenters. The normalized spacial score (nSPS) is 10.0. The number of carbonyl (C=O) groups excluding carboxylic acids is 1. The topological polar surface area (TPSA) is 87.2 Å². The number of nitrogens with zero attached hydrogens (tertiary/aromatic N) is 2. The molecule has 6 heteroatoms. The minimum absolute atomic E-state index is 0.0843. The van der Waals surface area contributed by atoms with Gasteiger partial charge in [0.2, 0.25) is 5.91 Å². The summed E-state index contributed by atoms with van der Waals surface area (Å²) >= 11 is 0. The minimum Gasteiger partial charge on any atom is -0.468 e. The molecular formula is C9H13N3O3. The molecule has 0 aliphatic heterocycles. The Morgan fingerprint density at radius 2 is 2.33 bits per heavy atom. The van der Waals surface area contributed by atoms with Crippen molar-refractivity contribution in [3.8, 4) is 6.01 Å². The highest BCUT2D eigenvalue weighted by Gasteiger charge is 2.07. The quantitative estimate of drug-likeness (QED) is 0.722. The Hall–Kier alpha value is -1.85. The number of aryl methyl sites for hydroxylation is 1. The highest BCUT2D eigenvalue weighted by molar-refractivity contribution is 5.73. The molecule has 6 nitrogen and oxygen atoms in total. The van der Waals surface area contributed by atoms with Gasteiger partial charge in [-0.2, -0.15) is 0 Å². The number of carbonyl (C=O) groups is 1. The fraction of sp³-hybridized carbons (Fsp3) is 0.444. The lowest BCUT2D eigenvalue weighted by molar-refractivity contribution is -0.118. The summed E-state index contributed by atoms with van der Waals surface area (Å²) in [7, 11) is 1.42. The lowest BCUT2D eigenvalue weighted by Gasteiger charge is -2.09. The molecule has 2 N–H and O–H groups in total. The second kappa shape index (κ2) is 4.59. The van der Waals surface area contributed by atoms with Gasteiger partial charge in [0, 0.05) is 24.7 Å². The molecule has 0 fully saturated rings. The predicted octanol–water partition coefficient (Wildman–Crippen LogP) is -0.564. The van der Waals surface area contributed by atoms with Crippen molar-refractivity contribution < 1.29 is 9.53 Å². The third-order valence-electron chi connectivity index (χ3n) is 1.87. The molecule has 1 amide bonds. The fourth-order valence-electron chi connectivity index (χ4n) is 1.18. The van der Waals surface area contributed by atoms with E-state index in [9.17, 15) is 9.59 Å². The van der Waals surface area contributed by atoms with Crippen molar-refractivity contribution in [3.05, 3.63) is 22.1 Å². The van der Waals surface area contributed by atoms with E-state index in [1.807, 2.05) is 0 Å². The van der Waals surface area contributed by atoms with Crippen LogP contribution in [0.1, 0.15) is 12.1 Å². The van der Waals surface area contributed by atoms with Gasteiger partial charge in [-0.1, -0.05) is 0 Å². The van der Waals surface area contributed by atoms with Crippen LogP contribution in [0.2, 0.25) is 0 Å². The SMILES string of the molecule is COc1nc(C)cc(=O)n1CCC(N)=O. The Labute approximate surface area is 86.7 Å². The molecule has 1 aromatic rings. The molecule has 1 rings (SSSR count). The number of primary amides is 1. The lowest BCUT2D eigenvalue weighted by Crippen LogP contribution is -2.25. The Bertz CT molecular complexity index is 425. The van der Waals surface area contributed by atoms with Gasteiger partial charge >= 0.3 is 0 Å². The first-order valence-corrected chi connectivity index (χ1v) is 4.45. The standard InChI is InChI=1S/C9H13N3O3/c1-6-5-8(14)12(4-3-7(10)13)9(11-6)15-2/h5H,3-4H2,1-2H3,(H2,10,13). The predicted molar refractivity (Wildman–Crippen MR) is 53.6 cm³/mol. The third kappa shape index (κ3) is 2.80. The molecule has 0 radical (unpaired) electrons. The van der Waals surface area contributed by atoms with Gasteiger partial charge in [0.25, 0.3) is 11.6 Å². The highest BCUT2D eigenvalue weighted by atomic mass is 16.5. The van der Waals surface area contributed by atoms with Crippen LogP contribution < -0.4 is 16.0 Å². The Kier molecular flexibility index (Phi) is 3.43. The molecule has 1 heterocycles. The van der Waals surface area contributed by atoms with Crippen molar-refractivity contribution in [2.24, 2.45) is 5.73 Å². The van der Waals surface area contributed by atoms with Crippen LogP contribution in [0.3, 0.4) is 0 Å². The summed E-state index contributed by atoms with van der Waals surface area (Å²) in [6.07, 6.45) is 0.0843. The maximum atomic E-state index is 11.5. The molecule has 1 aromatic heterocycles. The average molecular weight is 211 g/mol. The van der Waals surface area contributed by atoms with Crippen molar-refractivity contribution >= 4 is 5.91 Å². The van der Waals surface area contributed by atoms with E-state index in [1.165, 1.54) is 17.7 Å². The molecule has 0 spiro atoms. The first kappa shape index (κ1) is 11.2. The van der Waals surface area contributed by atoms with Crippen LogP contribution in [-0.2, 0) is 11.3 Å². The molecule has 15 heavy (non-hydrogen) atoms. The molecule has 0 saturated heterocycles. The number of amides is 1. The number of hydrogen-bond donors (Lipinski definition) is 1. The maximum absolute atomic E-state index is 11.5. The molecule has 0 unspecified atom stereocenters. The van der Waals surface area contributed by atoms with Gasteiger partial charge < -0.3 is 10.5 Å². The third-order valence-corrected chi connectivity index (χ3v) is 1.87. The minimum atomic E-state index is -0.468. The fourth-order valence-corrected chi connectivity index (χ4v) is 1.18. The van der Waals surface area contributed by atoms with Crippen LogP contribution in [0.5, 0.6) is 6.01 Å². The summed E-state index contributed by atoms with van der Waals surface area (Å²) in [4.78, 5) is 26.1. The summed E-state index contributed by atoms with van der Waals surface area (Å²) in [6, 6.07) is 1.57. The van der Waals surface area contributed by atoms with Crippen LogP contribution in [0.4, 0.5) is 0 Å². The van der Waals surface area contributed by atoms with Crippen molar-refractivity contribution in [2.75, 3.05) is 7.11 Å². The Morgan fingerprint density at radius 3 is 2.87 bits per heavy atom. The molecule has 82 valence electrons. The van der Waals surface area contributed by atoms with Gasteiger partial charge in [-0.3, -0.25) is 14.2 Å². The number of methoxy groups -OCH3 is 1. The zero-order chi connectivity index (χ0) is 11.4. The Morgan fingerprint density at radius 1 is 1.67 bits per heavy atom. The zero-order valence-electron chi connectivity index (χ0n) is 8.69.